The summed E-state index contributed by atoms with van der Waals surface area (Å²) in [5.41, 5.74) is 5.73. The van der Waals surface area contributed by atoms with E-state index in [0.717, 1.165) is 39.1 Å². The van der Waals surface area contributed by atoms with Gasteiger partial charge in [-0.25, -0.2) is 0 Å². The van der Waals surface area contributed by atoms with E-state index in [0.29, 0.717) is 19.8 Å². The molecule has 0 fully saturated rings. The van der Waals surface area contributed by atoms with E-state index < -0.39 is 5.54 Å². The molecule has 104 valence electrons. The lowest BCUT2D eigenvalue weighted by Gasteiger charge is -2.28. The highest BCUT2D eigenvalue weighted by Gasteiger charge is 2.26. The Kier molecular flexibility index (Phi) is 10.9. The average Bonchev–Trinajstić information content (AvgIpc) is 2.30. The maximum absolute atomic E-state index is 6.25. The molecule has 0 spiro atoms. The largest absolute Gasteiger partial charge is 0.379 e. The Labute approximate surface area is 106 Å². The van der Waals surface area contributed by atoms with Crippen molar-refractivity contribution in [3.8, 4) is 0 Å². The SMILES string of the molecule is CCCOCC(N)(COCCC)COCCC. The number of ether oxygens (including phenoxy) is 3. The van der Waals surface area contributed by atoms with Crippen LogP contribution in [0, 0.1) is 0 Å². The van der Waals surface area contributed by atoms with Crippen LogP contribution in [-0.2, 0) is 14.2 Å². The van der Waals surface area contributed by atoms with Crippen molar-refractivity contribution < 1.29 is 14.2 Å². The minimum Gasteiger partial charge on any atom is -0.379 e. The van der Waals surface area contributed by atoms with E-state index in [9.17, 15) is 0 Å². The molecule has 0 rings (SSSR count). The molecule has 0 unspecified atom stereocenters. The summed E-state index contributed by atoms with van der Waals surface area (Å²) in [6.07, 6.45) is 3.01. The Morgan fingerprint density at radius 2 is 1.00 bits per heavy atom. The number of hydrogen-bond acceptors (Lipinski definition) is 4. The molecular formula is C13H29NO3. The summed E-state index contributed by atoms with van der Waals surface area (Å²) >= 11 is 0. The van der Waals surface area contributed by atoms with Crippen LogP contribution in [0.15, 0.2) is 0 Å². The van der Waals surface area contributed by atoms with Gasteiger partial charge in [0.25, 0.3) is 0 Å². The molecule has 0 aromatic carbocycles. The monoisotopic (exact) mass is 247 g/mol. The molecule has 0 saturated heterocycles. The Bertz CT molecular complexity index is 138. The fourth-order valence-electron chi connectivity index (χ4n) is 1.38. The first-order chi connectivity index (χ1) is 8.18. The van der Waals surface area contributed by atoms with Crippen LogP contribution in [-0.4, -0.2) is 45.2 Å². The molecule has 2 N–H and O–H groups in total. The third-order valence-corrected chi connectivity index (χ3v) is 2.21. The molecule has 0 heterocycles. The summed E-state index contributed by atoms with van der Waals surface area (Å²) in [7, 11) is 0. The summed E-state index contributed by atoms with van der Waals surface area (Å²) in [4.78, 5) is 0. The van der Waals surface area contributed by atoms with Crippen molar-refractivity contribution >= 4 is 0 Å². The van der Waals surface area contributed by atoms with E-state index in [-0.39, 0.29) is 0 Å². The van der Waals surface area contributed by atoms with Crippen molar-refractivity contribution in [2.24, 2.45) is 5.73 Å². The van der Waals surface area contributed by atoms with Crippen molar-refractivity contribution in [1.82, 2.24) is 0 Å². The van der Waals surface area contributed by atoms with Gasteiger partial charge in [0.05, 0.1) is 25.4 Å². The standard InChI is InChI=1S/C13H29NO3/c1-4-7-15-10-13(14,11-16-8-5-2)12-17-9-6-3/h4-12,14H2,1-3H3. The lowest BCUT2D eigenvalue weighted by molar-refractivity contribution is -0.0224. The predicted octanol–water partition coefficient (Wildman–Crippen LogP) is 1.96. The van der Waals surface area contributed by atoms with Crippen molar-refractivity contribution in [1.29, 1.82) is 0 Å². The second-order valence-corrected chi connectivity index (χ2v) is 4.52. The third-order valence-electron chi connectivity index (χ3n) is 2.21. The van der Waals surface area contributed by atoms with Crippen LogP contribution in [0.4, 0.5) is 0 Å². The van der Waals surface area contributed by atoms with Gasteiger partial charge in [-0.2, -0.15) is 0 Å². The fourth-order valence-corrected chi connectivity index (χ4v) is 1.38. The van der Waals surface area contributed by atoms with Gasteiger partial charge in [-0.15, -0.1) is 0 Å². The van der Waals surface area contributed by atoms with Crippen molar-refractivity contribution in [3.05, 3.63) is 0 Å². The summed E-state index contributed by atoms with van der Waals surface area (Å²) in [6, 6.07) is 0. The zero-order valence-electron chi connectivity index (χ0n) is 11.7. The van der Waals surface area contributed by atoms with Gasteiger partial charge in [0, 0.05) is 19.8 Å². The van der Waals surface area contributed by atoms with Crippen molar-refractivity contribution in [3.63, 3.8) is 0 Å². The molecule has 0 aliphatic rings. The molecule has 4 heteroatoms. The van der Waals surface area contributed by atoms with E-state index in [2.05, 4.69) is 20.8 Å². The molecule has 4 nitrogen and oxygen atoms in total. The molecular weight excluding hydrogens is 218 g/mol. The lowest BCUT2D eigenvalue weighted by atomic mass is 10.1. The number of hydrogen-bond donors (Lipinski definition) is 1. The first-order valence-corrected chi connectivity index (χ1v) is 6.70. The molecule has 0 aromatic rings. The van der Waals surface area contributed by atoms with Crippen molar-refractivity contribution in [2.45, 2.75) is 45.6 Å². The molecule has 17 heavy (non-hydrogen) atoms. The second kappa shape index (κ2) is 11.0. The molecule has 0 amide bonds. The molecule has 0 aromatic heterocycles. The Balaban J connectivity index is 3.95. The maximum atomic E-state index is 6.25. The van der Waals surface area contributed by atoms with Gasteiger partial charge in [-0.05, 0) is 19.3 Å². The quantitative estimate of drug-likeness (QED) is 0.536. The smallest absolute Gasteiger partial charge is 0.0865 e. The zero-order chi connectivity index (χ0) is 13.0. The van der Waals surface area contributed by atoms with Gasteiger partial charge in [0.1, 0.15) is 0 Å². The van der Waals surface area contributed by atoms with E-state index in [1.54, 1.807) is 0 Å². The predicted molar refractivity (Wildman–Crippen MR) is 70.2 cm³/mol. The summed E-state index contributed by atoms with van der Waals surface area (Å²) in [5.74, 6) is 0. The summed E-state index contributed by atoms with van der Waals surface area (Å²) in [5, 5.41) is 0. The topological polar surface area (TPSA) is 53.7 Å². The van der Waals surface area contributed by atoms with E-state index in [1.165, 1.54) is 0 Å². The van der Waals surface area contributed by atoms with Crippen LogP contribution >= 0.6 is 0 Å². The van der Waals surface area contributed by atoms with E-state index in [4.69, 9.17) is 19.9 Å². The van der Waals surface area contributed by atoms with Gasteiger partial charge >= 0.3 is 0 Å². The number of nitrogens with two attached hydrogens (primary N) is 1. The van der Waals surface area contributed by atoms with Crippen LogP contribution in [0.1, 0.15) is 40.0 Å². The minimum atomic E-state index is -0.514. The Morgan fingerprint density at radius 3 is 1.24 bits per heavy atom. The number of rotatable bonds is 12. The van der Waals surface area contributed by atoms with Gasteiger partial charge in [-0.1, -0.05) is 20.8 Å². The molecule has 0 radical (unpaired) electrons. The highest BCUT2D eigenvalue weighted by atomic mass is 16.5. The molecule has 0 saturated carbocycles. The first kappa shape index (κ1) is 16.8. The second-order valence-electron chi connectivity index (χ2n) is 4.52. The highest BCUT2D eigenvalue weighted by Crippen LogP contribution is 2.05. The fraction of sp³-hybridized carbons (Fsp3) is 1.00. The molecule has 0 bridgehead atoms. The van der Waals surface area contributed by atoms with Crippen LogP contribution in [0.2, 0.25) is 0 Å². The highest BCUT2D eigenvalue weighted by molar-refractivity contribution is 4.84. The van der Waals surface area contributed by atoms with Gasteiger partial charge in [0.15, 0.2) is 0 Å². The van der Waals surface area contributed by atoms with Crippen LogP contribution in [0.3, 0.4) is 0 Å². The lowest BCUT2D eigenvalue weighted by Crippen LogP contribution is -2.53. The maximum Gasteiger partial charge on any atom is 0.0865 e. The normalized spacial score (nSPS) is 12.0. The van der Waals surface area contributed by atoms with Gasteiger partial charge in [0.2, 0.25) is 0 Å². The average molecular weight is 247 g/mol. The third kappa shape index (κ3) is 9.53. The van der Waals surface area contributed by atoms with Crippen LogP contribution in [0.25, 0.3) is 0 Å². The summed E-state index contributed by atoms with van der Waals surface area (Å²) < 4.78 is 16.6. The zero-order valence-corrected chi connectivity index (χ0v) is 11.7. The van der Waals surface area contributed by atoms with Gasteiger partial charge < -0.3 is 19.9 Å². The van der Waals surface area contributed by atoms with E-state index in [1.807, 2.05) is 0 Å². The first-order valence-electron chi connectivity index (χ1n) is 6.70. The molecule has 0 aliphatic carbocycles. The van der Waals surface area contributed by atoms with Gasteiger partial charge in [-0.3, -0.25) is 0 Å². The summed E-state index contributed by atoms with van der Waals surface area (Å²) in [6.45, 7) is 9.94. The van der Waals surface area contributed by atoms with Crippen LogP contribution < -0.4 is 5.73 Å². The Hall–Kier alpha value is -0.160. The minimum absolute atomic E-state index is 0.494. The molecule has 0 atom stereocenters. The van der Waals surface area contributed by atoms with Crippen LogP contribution in [0.5, 0.6) is 0 Å². The molecule has 0 aliphatic heterocycles. The Morgan fingerprint density at radius 1 is 0.706 bits per heavy atom. The van der Waals surface area contributed by atoms with Crippen molar-refractivity contribution in [2.75, 3.05) is 39.6 Å². The van der Waals surface area contributed by atoms with E-state index >= 15 is 0 Å².